The molecule has 4 heteroatoms. The number of para-hydroxylation sites is 1. The Balaban J connectivity index is 2.53. The molecule has 0 atom stereocenters. The SMILES string of the molecule is CCCNCc1cccc(Cl)c1OCCOC(C)C. The van der Waals surface area contributed by atoms with Gasteiger partial charge in [-0.05, 0) is 32.9 Å². The maximum atomic E-state index is 6.19. The number of nitrogens with one attached hydrogen (secondary N) is 1. The van der Waals surface area contributed by atoms with Crippen LogP contribution in [0.25, 0.3) is 0 Å². The standard InChI is InChI=1S/C15H24ClNO2/c1-4-8-17-11-13-6-5-7-14(16)15(13)19-10-9-18-12(2)3/h5-7,12,17H,4,8-11H2,1-3H3. The maximum Gasteiger partial charge on any atom is 0.142 e. The van der Waals surface area contributed by atoms with Crippen molar-refractivity contribution in [2.75, 3.05) is 19.8 Å². The van der Waals surface area contributed by atoms with Crippen molar-refractivity contribution in [1.29, 1.82) is 0 Å². The largest absolute Gasteiger partial charge is 0.489 e. The van der Waals surface area contributed by atoms with Gasteiger partial charge in [-0.15, -0.1) is 0 Å². The van der Waals surface area contributed by atoms with Crippen LogP contribution in [0.15, 0.2) is 18.2 Å². The summed E-state index contributed by atoms with van der Waals surface area (Å²) in [5, 5.41) is 4.01. The summed E-state index contributed by atoms with van der Waals surface area (Å²) in [4.78, 5) is 0. The van der Waals surface area contributed by atoms with E-state index in [0.29, 0.717) is 18.2 Å². The highest BCUT2D eigenvalue weighted by molar-refractivity contribution is 6.32. The summed E-state index contributed by atoms with van der Waals surface area (Å²) in [5.41, 5.74) is 1.09. The molecule has 108 valence electrons. The summed E-state index contributed by atoms with van der Waals surface area (Å²) >= 11 is 6.19. The Morgan fingerprint density at radius 3 is 2.74 bits per heavy atom. The van der Waals surface area contributed by atoms with Crippen LogP contribution in [-0.2, 0) is 11.3 Å². The number of ether oxygens (including phenoxy) is 2. The van der Waals surface area contributed by atoms with Crippen molar-refractivity contribution in [2.24, 2.45) is 0 Å². The normalized spacial score (nSPS) is 11.0. The van der Waals surface area contributed by atoms with Crippen LogP contribution in [0, 0.1) is 0 Å². The van der Waals surface area contributed by atoms with Gasteiger partial charge in [0.25, 0.3) is 0 Å². The van der Waals surface area contributed by atoms with E-state index < -0.39 is 0 Å². The molecule has 1 N–H and O–H groups in total. The average Bonchev–Trinajstić information content (AvgIpc) is 2.37. The first kappa shape index (κ1) is 16.3. The van der Waals surface area contributed by atoms with Crippen LogP contribution in [-0.4, -0.2) is 25.9 Å². The monoisotopic (exact) mass is 285 g/mol. The zero-order valence-electron chi connectivity index (χ0n) is 12.0. The van der Waals surface area contributed by atoms with Crippen LogP contribution < -0.4 is 10.1 Å². The Bertz CT molecular complexity index is 369. The van der Waals surface area contributed by atoms with Gasteiger partial charge in [0.05, 0.1) is 17.7 Å². The highest BCUT2D eigenvalue weighted by Crippen LogP contribution is 2.28. The Hall–Kier alpha value is -0.770. The molecular weight excluding hydrogens is 262 g/mol. The first-order valence-corrected chi connectivity index (χ1v) is 7.25. The molecule has 0 heterocycles. The second-order valence-electron chi connectivity index (χ2n) is 4.67. The molecule has 19 heavy (non-hydrogen) atoms. The van der Waals surface area contributed by atoms with Gasteiger partial charge in [-0.25, -0.2) is 0 Å². The van der Waals surface area contributed by atoms with E-state index in [1.807, 2.05) is 32.0 Å². The van der Waals surface area contributed by atoms with E-state index >= 15 is 0 Å². The number of rotatable bonds is 9. The smallest absolute Gasteiger partial charge is 0.142 e. The molecule has 0 aliphatic heterocycles. The lowest BCUT2D eigenvalue weighted by atomic mass is 10.2. The molecule has 0 fully saturated rings. The molecule has 0 bridgehead atoms. The van der Waals surface area contributed by atoms with E-state index in [1.54, 1.807) is 0 Å². The van der Waals surface area contributed by atoms with Crippen LogP contribution >= 0.6 is 11.6 Å². The summed E-state index contributed by atoms with van der Waals surface area (Å²) in [6, 6.07) is 5.83. The molecule has 0 unspecified atom stereocenters. The molecule has 0 aliphatic carbocycles. The first-order chi connectivity index (χ1) is 9.15. The van der Waals surface area contributed by atoms with Gasteiger partial charge < -0.3 is 14.8 Å². The van der Waals surface area contributed by atoms with Gasteiger partial charge in [0.2, 0.25) is 0 Å². The van der Waals surface area contributed by atoms with Crippen LogP contribution in [0.3, 0.4) is 0 Å². The van der Waals surface area contributed by atoms with Crippen molar-refractivity contribution in [3.63, 3.8) is 0 Å². The molecule has 0 saturated heterocycles. The van der Waals surface area contributed by atoms with E-state index in [-0.39, 0.29) is 6.10 Å². The summed E-state index contributed by atoms with van der Waals surface area (Å²) < 4.78 is 11.2. The van der Waals surface area contributed by atoms with Crippen LogP contribution in [0.1, 0.15) is 32.8 Å². The molecule has 0 spiro atoms. The van der Waals surface area contributed by atoms with Crippen molar-refractivity contribution < 1.29 is 9.47 Å². The quantitative estimate of drug-likeness (QED) is 0.703. The van der Waals surface area contributed by atoms with E-state index in [2.05, 4.69) is 12.2 Å². The Kier molecular flexibility index (Phi) is 7.87. The molecule has 1 rings (SSSR count). The van der Waals surface area contributed by atoms with Crippen molar-refractivity contribution in [1.82, 2.24) is 5.32 Å². The summed E-state index contributed by atoms with van der Waals surface area (Å²) in [7, 11) is 0. The fourth-order valence-corrected chi connectivity index (χ4v) is 1.93. The van der Waals surface area contributed by atoms with E-state index in [0.717, 1.165) is 30.8 Å². The Labute approximate surface area is 121 Å². The minimum atomic E-state index is 0.223. The van der Waals surface area contributed by atoms with E-state index in [1.165, 1.54) is 0 Å². The second kappa shape index (κ2) is 9.18. The molecule has 0 aromatic heterocycles. The fraction of sp³-hybridized carbons (Fsp3) is 0.600. The predicted octanol–water partition coefficient (Wildman–Crippen LogP) is 3.64. The van der Waals surface area contributed by atoms with Crippen LogP contribution in [0.5, 0.6) is 5.75 Å². The highest BCUT2D eigenvalue weighted by atomic mass is 35.5. The van der Waals surface area contributed by atoms with Gasteiger partial charge in [0.15, 0.2) is 0 Å². The second-order valence-corrected chi connectivity index (χ2v) is 5.08. The van der Waals surface area contributed by atoms with Crippen LogP contribution in [0.4, 0.5) is 0 Å². The van der Waals surface area contributed by atoms with Crippen molar-refractivity contribution >= 4 is 11.6 Å². The van der Waals surface area contributed by atoms with Gasteiger partial charge in [0.1, 0.15) is 12.4 Å². The number of benzene rings is 1. The molecule has 0 amide bonds. The lowest BCUT2D eigenvalue weighted by Crippen LogP contribution is -2.16. The molecule has 3 nitrogen and oxygen atoms in total. The zero-order valence-corrected chi connectivity index (χ0v) is 12.8. The minimum absolute atomic E-state index is 0.223. The van der Waals surface area contributed by atoms with E-state index in [4.69, 9.17) is 21.1 Å². The Morgan fingerprint density at radius 2 is 2.05 bits per heavy atom. The van der Waals surface area contributed by atoms with E-state index in [9.17, 15) is 0 Å². The maximum absolute atomic E-state index is 6.19. The zero-order chi connectivity index (χ0) is 14.1. The molecule has 1 aromatic rings. The molecule has 0 saturated carbocycles. The number of hydrogen-bond donors (Lipinski definition) is 1. The van der Waals surface area contributed by atoms with Gasteiger partial charge in [0, 0.05) is 12.1 Å². The lowest BCUT2D eigenvalue weighted by Gasteiger charge is -2.14. The van der Waals surface area contributed by atoms with Gasteiger partial charge in [-0.1, -0.05) is 30.7 Å². The number of hydrogen-bond acceptors (Lipinski definition) is 3. The molecular formula is C15H24ClNO2. The van der Waals surface area contributed by atoms with Crippen LogP contribution in [0.2, 0.25) is 5.02 Å². The third-order valence-corrected chi connectivity index (χ3v) is 2.87. The topological polar surface area (TPSA) is 30.5 Å². The lowest BCUT2D eigenvalue weighted by molar-refractivity contribution is 0.0550. The predicted molar refractivity (Wildman–Crippen MR) is 80.0 cm³/mol. The molecule has 1 aromatic carbocycles. The third kappa shape index (κ3) is 6.28. The summed E-state index contributed by atoms with van der Waals surface area (Å²) in [6.45, 7) is 9.02. The van der Waals surface area contributed by atoms with Crippen molar-refractivity contribution in [3.05, 3.63) is 28.8 Å². The van der Waals surface area contributed by atoms with Crippen molar-refractivity contribution in [3.8, 4) is 5.75 Å². The summed E-state index contributed by atoms with van der Waals surface area (Å²) in [6.07, 6.45) is 1.33. The fourth-order valence-electron chi connectivity index (χ4n) is 1.68. The highest BCUT2D eigenvalue weighted by Gasteiger charge is 2.08. The number of halogens is 1. The third-order valence-electron chi connectivity index (χ3n) is 2.57. The molecule has 0 radical (unpaired) electrons. The van der Waals surface area contributed by atoms with Gasteiger partial charge in [-0.2, -0.15) is 0 Å². The Morgan fingerprint density at radius 1 is 1.26 bits per heavy atom. The first-order valence-electron chi connectivity index (χ1n) is 6.87. The van der Waals surface area contributed by atoms with Gasteiger partial charge in [-0.3, -0.25) is 0 Å². The summed E-state index contributed by atoms with van der Waals surface area (Å²) in [5.74, 6) is 0.764. The van der Waals surface area contributed by atoms with Crippen molar-refractivity contribution in [2.45, 2.75) is 39.8 Å². The minimum Gasteiger partial charge on any atom is -0.489 e. The van der Waals surface area contributed by atoms with Gasteiger partial charge >= 0.3 is 0 Å². The average molecular weight is 286 g/mol. The molecule has 0 aliphatic rings.